The molecule has 0 amide bonds. The van der Waals surface area contributed by atoms with Gasteiger partial charge in [0.2, 0.25) is 0 Å². The molecule has 17 heavy (non-hydrogen) atoms. The van der Waals surface area contributed by atoms with Crippen LogP contribution in [0.2, 0.25) is 5.02 Å². The number of hydrogen-bond donors (Lipinski definition) is 1. The van der Waals surface area contributed by atoms with Crippen molar-refractivity contribution in [2.45, 2.75) is 43.0 Å². The summed E-state index contributed by atoms with van der Waals surface area (Å²) in [6.45, 7) is 1.16. The number of hydrogen-bond acceptors (Lipinski definition) is 2. The van der Waals surface area contributed by atoms with Gasteiger partial charge < -0.3 is 5.32 Å². The van der Waals surface area contributed by atoms with E-state index in [1.165, 1.54) is 42.8 Å². The molecule has 0 saturated heterocycles. The molecule has 1 aliphatic rings. The van der Waals surface area contributed by atoms with Crippen molar-refractivity contribution in [1.29, 1.82) is 0 Å². The van der Waals surface area contributed by atoms with Gasteiger partial charge in [-0.3, -0.25) is 0 Å². The third-order valence-corrected chi connectivity index (χ3v) is 4.54. The Hall–Kier alpha value is -0.180. The molecule has 0 radical (unpaired) electrons. The van der Waals surface area contributed by atoms with E-state index in [0.29, 0.717) is 0 Å². The smallest absolute Gasteiger partial charge is 0.0406 e. The Balaban J connectivity index is 1.55. The predicted molar refractivity (Wildman–Crippen MR) is 77.1 cm³/mol. The average Bonchev–Trinajstić information content (AvgIpc) is 2.84. The van der Waals surface area contributed by atoms with E-state index < -0.39 is 0 Å². The summed E-state index contributed by atoms with van der Waals surface area (Å²) in [6.07, 6.45) is 6.83. The summed E-state index contributed by atoms with van der Waals surface area (Å²) in [7, 11) is 0. The average molecular weight is 270 g/mol. The maximum absolute atomic E-state index is 5.85. The van der Waals surface area contributed by atoms with Crippen LogP contribution in [0, 0.1) is 0 Å². The first kappa shape index (κ1) is 13.3. The van der Waals surface area contributed by atoms with Gasteiger partial charge in [0.25, 0.3) is 0 Å². The molecule has 0 aromatic heterocycles. The van der Waals surface area contributed by atoms with Gasteiger partial charge in [-0.25, -0.2) is 0 Å². The molecule has 0 heterocycles. The van der Waals surface area contributed by atoms with Gasteiger partial charge in [0.1, 0.15) is 0 Å². The minimum Gasteiger partial charge on any atom is -0.314 e. The molecule has 0 aliphatic heterocycles. The van der Waals surface area contributed by atoms with E-state index in [4.69, 9.17) is 11.6 Å². The number of thioether (sulfide) groups is 1. The van der Waals surface area contributed by atoms with E-state index in [1.807, 2.05) is 23.9 Å². The second-order valence-electron chi connectivity index (χ2n) is 4.59. The number of rotatable bonds is 6. The number of nitrogens with one attached hydrogen (secondary N) is 1. The molecule has 2 rings (SSSR count). The van der Waals surface area contributed by atoms with E-state index in [-0.39, 0.29) is 0 Å². The topological polar surface area (TPSA) is 12.0 Å². The van der Waals surface area contributed by atoms with Crippen LogP contribution in [-0.2, 0) is 0 Å². The zero-order valence-electron chi connectivity index (χ0n) is 10.1. The Kier molecular flexibility index (Phi) is 5.69. The zero-order valence-corrected chi connectivity index (χ0v) is 11.7. The van der Waals surface area contributed by atoms with E-state index >= 15 is 0 Å². The van der Waals surface area contributed by atoms with Crippen LogP contribution in [-0.4, -0.2) is 18.3 Å². The predicted octanol–water partition coefficient (Wildman–Crippen LogP) is 4.35. The Morgan fingerprint density at radius 3 is 2.59 bits per heavy atom. The van der Waals surface area contributed by atoms with Crippen molar-refractivity contribution < 1.29 is 0 Å². The van der Waals surface area contributed by atoms with Gasteiger partial charge >= 0.3 is 0 Å². The minimum atomic E-state index is 0.801. The molecule has 0 spiro atoms. The minimum absolute atomic E-state index is 0.801. The lowest BCUT2D eigenvalue weighted by molar-refractivity contribution is 0.525. The van der Waals surface area contributed by atoms with Crippen LogP contribution >= 0.6 is 23.4 Å². The van der Waals surface area contributed by atoms with Crippen molar-refractivity contribution >= 4 is 23.4 Å². The first-order valence-electron chi connectivity index (χ1n) is 6.46. The molecule has 1 aromatic rings. The van der Waals surface area contributed by atoms with Gasteiger partial charge in [0.05, 0.1) is 0 Å². The maximum atomic E-state index is 5.85. The highest BCUT2D eigenvalue weighted by atomic mass is 35.5. The van der Waals surface area contributed by atoms with Crippen molar-refractivity contribution in [1.82, 2.24) is 5.32 Å². The Labute approximate surface area is 113 Å². The van der Waals surface area contributed by atoms with E-state index in [1.54, 1.807) is 0 Å². The molecular formula is C14H20ClNS. The summed E-state index contributed by atoms with van der Waals surface area (Å²) < 4.78 is 0. The molecule has 3 heteroatoms. The molecule has 0 unspecified atom stereocenters. The Morgan fingerprint density at radius 1 is 1.18 bits per heavy atom. The fraction of sp³-hybridized carbons (Fsp3) is 0.571. The highest BCUT2D eigenvalue weighted by molar-refractivity contribution is 7.99. The van der Waals surface area contributed by atoms with Gasteiger partial charge in [0.15, 0.2) is 0 Å². The monoisotopic (exact) mass is 269 g/mol. The van der Waals surface area contributed by atoms with Crippen molar-refractivity contribution in [3.05, 3.63) is 29.3 Å². The first-order valence-corrected chi connectivity index (χ1v) is 7.83. The number of benzene rings is 1. The molecule has 1 aliphatic carbocycles. The molecule has 1 N–H and O–H groups in total. The van der Waals surface area contributed by atoms with Gasteiger partial charge in [0, 0.05) is 16.0 Å². The highest BCUT2D eigenvalue weighted by Crippen LogP contribution is 2.21. The van der Waals surface area contributed by atoms with E-state index in [9.17, 15) is 0 Å². The van der Waals surface area contributed by atoms with E-state index in [2.05, 4.69) is 17.4 Å². The molecule has 0 atom stereocenters. The van der Waals surface area contributed by atoms with Crippen LogP contribution in [0.15, 0.2) is 29.2 Å². The fourth-order valence-electron chi connectivity index (χ4n) is 2.23. The molecule has 1 saturated carbocycles. The summed E-state index contributed by atoms with van der Waals surface area (Å²) >= 11 is 7.76. The lowest BCUT2D eigenvalue weighted by Gasteiger charge is -2.11. The molecule has 94 valence electrons. The van der Waals surface area contributed by atoms with Crippen LogP contribution in [0.4, 0.5) is 0 Å². The third kappa shape index (κ3) is 4.90. The van der Waals surface area contributed by atoms with Crippen molar-refractivity contribution in [2.24, 2.45) is 0 Å². The van der Waals surface area contributed by atoms with Crippen LogP contribution in [0.3, 0.4) is 0 Å². The normalized spacial score (nSPS) is 16.5. The summed E-state index contributed by atoms with van der Waals surface area (Å²) in [4.78, 5) is 1.32. The molecule has 1 nitrogen and oxygen atoms in total. The maximum Gasteiger partial charge on any atom is 0.0406 e. The second kappa shape index (κ2) is 7.30. The second-order valence-corrected chi connectivity index (χ2v) is 6.20. The van der Waals surface area contributed by atoms with Crippen molar-refractivity contribution in [2.75, 3.05) is 12.3 Å². The first-order chi connectivity index (χ1) is 8.34. The number of halogens is 1. The van der Waals surface area contributed by atoms with Gasteiger partial charge in [-0.15, -0.1) is 11.8 Å². The van der Waals surface area contributed by atoms with Crippen molar-refractivity contribution in [3.8, 4) is 0 Å². The van der Waals surface area contributed by atoms with Crippen molar-refractivity contribution in [3.63, 3.8) is 0 Å². The summed E-state index contributed by atoms with van der Waals surface area (Å²) in [6, 6.07) is 8.91. The molecular weight excluding hydrogens is 250 g/mol. The summed E-state index contributed by atoms with van der Waals surface area (Å²) in [5.74, 6) is 1.18. The zero-order chi connectivity index (χ0) is 11.9. The lowest BCUT2D eigenvalue weighted by Crippen LogP contribution is -2.27. The molecule has 0 bridgehead atoms. The Morgan fingerprint density at radius 2 is 1.88 bits per heavy atom. The standard InChI is InChI=1S/C14H20ClNS/c15-12-6-8-14(9-7-12)17-11-3-10-16-13-4-1-2-5-13/h6-9,13,16H,1-5,10-11H2. The van der Waals surface area contributed by atoms with Gasteiger partial charge in [-0.1, -0.05) is 24.4 Å². The third-order valence-electron chi connectivity index (χ3n) is 3.19. The van der Waals surface area contributed by atoms with Crippen LogP contribution in [0.5, 0.6) is 0 Å². The van der Waals surface area contributed by atoms with E-state index in [0.717, 1.165) is 17.6 Å². The quantitative estimate of drug-likeness (QED) is 0.609. The Bertz CT molecular complexity index is 319. The largest absolute Gasteiger partial charge is 0.314 e. The summed E-state index contributed by atoms with van der Waals surface area (Å²) in [5, 5.41) is 4.46. The highest BCUT2D eigenvalue weighted by Gasteiger charge is 2.12. The van der Waals surface area contributed by atoms with Crippen LogP contribution in [0.25, 0.3) is 0 Å². The van der Waals surface area contributed by atoms with Gasteiger partial charge in [-0.05, 0) is 55.8 Å². The summed E-state index contributed by atoms with van der Waals surface area (Å²) in [5.41, 5.74) is 0. The van der Waals surface area contributed by atoms with Crippen LogP contribution < -0.4 is 5.32 Å². The fourth-order valence-corrected chi connectivity index (χ4v) is 3.21. The SMILES string of the molecule is Clc1ccc(SCCCNC2CCCC2)cc1. The van der Waals surface area contributed by atoms with Crippen LogP contribution in [0.1, 0.15) is 32.1 Å². The van der Waals surface area contributed by atoms with Gasteiger partial charge in [-0.2, -0.15) is 0 Å². The molecule has 1 fully saturated rings. The molecule has 1 aromatic carbocycles. The lowest BCUT2D eigenvalue weighted by atomic mass is 10.2.